The fourth-order valence-electron chi connectivity index (χ4n) is 0.692. The highest BCUT2D eigenvalue weighted by molar-refractivity contribution is 5.96. The third kappa shape index (κ3) is 7.26. The number of hydrogen-bond acceptors (Lipinski definition) is 1. The lowest BCUT2D eigenvalue weighted by Gasteiger charge is -1.95. The van der Waals surface area contributed by atoms with E-state index in [1.165, 1.54) is 0 Å². The molecule has 0 N–H and O–H groups in total. The number of carbonyl (C=O) groups excluding carboxylic acids is 1. The summed E-state index contributed by atoms with van der Waals surface area (Å²) in [7, 11) is 0. The second kappa shape index (κ2) is 8.98. The second-order valence-corrected chi connectivity index (χ2v) is 2.39. The van der Waals surface area contributed by atoms with Crippen molar-refractivity contribution in [2.75, 3.05) is 0 Å². The van der Waals surface area contributed by atoms with E-state index in [0.717, 1.165) is 11.1 Å². The molecule has 0 radical (unpaired) electrons. The molecular formula is C12H20O. The molecule has 0 rings (SSSR count). The van der Waals surface area contributed by atoms with E-state index in [1.807, 2.05) is 33.8 Å². The van der Waals surface area contributed by atoms with Gasteiger partial charge in [0.25, 0.3) is 0 Å². The summed E-state index contributed by atoms with van der Waals surface area (Å²) < 4.78 is 0. The average Bonchev–Trinajstić information content (AvgIpc) is 2.16. The van der Waals surface area contributed by atoms with E-state index >= 15 is 0 Å². The fraction of sp³-hybridized carbons (Fsp3) is 0.417. The third-order valence-corrected chi connectivity index (χ3v) is 1.42. The zero-order valence-electron chi connectivity index (χ0n) is 9.35. The Morgan fingerprint density at radius 3 is 1.92 bits per heavy atom. The number of ketones is 1. The molecule has 74 valence electrons. The molecule has 0 aliphatic carbocycles. The fourth-order valence-corrected chi connectivity index (χ4v) is 0.692. The SMILES string of the molecule is C=C/C(C)=C\C(=C/C)C(C)=O.CC. The van der Waals surface area contributed by atoms with Crippen molar-refractivity contribution in [2.24, 2.45) is 0 Å². The van der Waals surface area contributed by atoms with Crippen molar-refractivity contribution in [2.45, 2.75) is 34.6 Å². The van der Waals surface area contributed by atoms with Crippen LogP contribution in [0.1, 0.15) is 34.6 Å². The maximum Gasteiger partial charge on any atom is 0.159 e. The highest BCUT2D eigenvalue weighted by Gasteiger charge is 1.96. The summed E-state index contributed by atoms with van der Waals surface area (Å²) in [6.45, 7) is 12.9. The van der Waals surface area contributed by atoms with Crippen LogP contribution in [-0.2, 0) is 4.79 Å². The number of carbonyl (C=O) groups is 1. The average molecular weight is 180 g/mol. The first-order valence-electron chi connectivity index (χ1n) is 4.59. The Morgan fingerprint density at radius 1 is 1.23 bits per heavy atom. The summed E-state index contributed by atoms with van der Waals surface area (Å²) in [6, 6.07) is 0. The Hall–Kier alpha value is -1.11. The molecular weight excluding hydrogens is 160 g/mol. The van der Waals surface area contributed by atoms with Crippen molar-refractivity contribution >= 4 is 5.78 Å². The molecule has 1 heteroatoms. The van der Waals surface area contributed by atoms with E-state index in [9.17, 15) is 4.79 Å². The van der Waals surface area contributed by atoms with Crippen molar-refractivity contribution in [1.29, 1.82) is 0 Å². The molecule has 0 spiro atoms. The molecule has 0 saturated carbocycles. The quantitative estimate of drug-likeness (QED) is 0.478. The molecule has 0 aromatic rings. The maximum absolute atomic E-state index is 10.9. The molecule has 0 amide bonds. The normalized spacial score (nSPS) is 11.5. The second-order valence-electron chi connectivity index (χ2n) is 2.39. The van der Waals surface area contributed by atoms with E-state index < -0.39 is 0 Å². The van der Waals surface area contributed by atoms with Crippen LogP contribution in [-0.4, -0.2) is 5.78 Å². The summed E-state index contributed by atoms with van der Waals surface area (Å²) in [4.78, 5) is 10.9. The van der Waals surface area contributed by atoms with Gasteiger partial charge in [-0.3, -0.25) is 4.79 Å². The molecule has 0 bridgehead atoms. The zero-order valence-corrected chi connectivity index (χ0v) is 9.35. The highest BCUT2D eigenvalue weighted by atomic mass is 16.1. The van der Waals surface area contributed by atoms with Crippen LogP contribution in [0.15, 0.2) is 36.0 Å². The monoisotopic (exact) mass is 180 g/mol. The van der Waals surface area contributed by atoms with Gasteiger partial charge >= 0.3 is 0 Å². The van der Waals surface area contributed by atoms with Gasteiger partial charge in [0, 0.05) is 5.57 Å². The lowest BCUT2D eigenvalue weighted by Crippen LogP contribution is -1.92. The van der Waals surface area contributed by atoms with E-state index in [4.69, 9.17) is 0 Å². The third-order valence-electron chi connectivity index (χ3n) is 1.42. The first-order valence-corrected chi connectivity index (χ1v) is 4.59. The highest BCUT2D eigenvalue weighted by Crippen LogP contribution is 2.03. The van der Waals surface area contributed by atoms with Crippen LogP contribution in [0.25, 0.3) is 0 Å². The van der Waals surface area contributed by atoms with Gasteiger partial charge in [0.15, 0.2) is 5.78 Å². The van der Waals surface area contributed by atoms with Gasteiger partial charge in [0.05, 0.1) is 0 Å². The van der Waals surface area contributed by atoms with E-state index in [2.05, 4.69) is 6.58 Å². The minimum absolute atomic E-state index is 0.0914. The van der Waals surface area contributed by atoms with E-state index in [0.29, 0.717) is 0 Å². The molecule has 0 aliphatic rings. The lowest BCUT2D eigenvalue weighted by atomic mass is 10.1. The van der Waals surface area contributed by atoms with Crippen molar-refractivity contribution < 1.29 is 4.79 Å². The maximum atomic E-state index is 10.9. The van der Waals surface area contributed by atoms with Gasteiger partial charge in [-0.2, -0.15) is 0 Å². The van der Waals surface area contributed by atoms with E-state index in [-0.39, 0.29) is 5.78 Å². The first kappa shape index (κ1) is 14.4. The van der Waals surface area contributed by atoms with Gasteiger partial charge in [-0.15, -0.1) is 0 Å². The molecule has 0 fully saturated rings. The van der Waals surface area contributed by atoms with Crippen LogP contribution in [0.3, 0.4) is 0 Å². The van der Waals surface area contributed by atoms with Crippen molar-refractivity contribution in [3.8, 4) is 0 Å². The number of Topliss-reactive ketones (excluding diaryl/α,β-unsaturated/α-hetero) is 1. The van der Waals surface area contributed by atoms with Crippen molar-refractivity contribution in [3.63, 3.8) is 0 Å². The molecule has 0 atom stereocenters. The van der Waals surface area contributed by atoms with Crippen LogP contribution < -0.4 is 0 Å². The van der Waals surface area contributed by atoms with Crippen molar-refractivity contribution in [3.05, 3.63) is 36.0 Å². The van der Waals surface area contributed by atoms with Crippen LogP contribution in [0.2, 0.25) is 0 Å². The number of hydrogen-bond donors (Lipinski definition) is 0. The van der Waals surface area contributed by atoms with Crippen LogP contribution >= 0.6 is 0 Å². The van der Waals surface area contributed by atoms with Crippen LogP contribution in [0.5, 0.6) is 0 Å². The lowest BCUT2D eigenvalue weighted by molar-refractivity contribution is -0.113. The van der Waals surface area contributed by atoms with Gasteiger partial charge in [0.1, 0.15) is 0 Å². The van der Waals surface area contributed by atoms with E-state index in [1.54, 1.807) is 19.1 Å². The van der Waals surface area contributed by atoms with Crippen molar-refractivity contribution in [1.82, 2.24) is 0 Å². The van der Waals surface area contributed by atoms with Gasteiger partial charge in [0.2, 0.25) is 0 Å². The summed E-state index contributed by atoms with van der Waals surface area (Å²) in [5, 5.41) is 0. The summed E-state index contributed by atoms with van der Waals surface area (Å²) in [5.41, 5.74) is 1.75. The molecule has 0 aliphatic heterocycles. The number of allylic oxidation sites excluding steroid dienone is 5. The predicted octanol–water partition coefficient (Wildman–Crippen LogP) is 3.68. The largest absolute Gasteiger partial charge is 0.295 e. The van der Waals surface area contributed by atoms with Crippen LogP contribution in [0, 0.1) is 0 Å². The summed E-state index contributed by atoms with van der Waals surface area (Å²) in [6.07, 6.45) is 5.36. The Labute approximate surface area is 81.9 Å². The Balaban J connectivity index is 0. The zero-order chi connectivity index (χ0) is 10.9. The minimum atomic E-state index is 0.0914. The van der Waals surface area contributed by atoms with Gasteiger partial charge in [-0.1, -0.05) is 38.2 Å². The van der Waals surface area contributed by atoms with Gasteiger partial charge < -0.3 is 0 Å². The summed E-state index contributed by atoms with van der Waals surface area (Å²) in [5.74, 6) is 0.0914. The predicted molar refractivity (Wildman–Crippen MR) is 59.7 cm³/mol. The van der Waals surface area contributed by atoms with Gasteiger partial charge in [-0.25, -0.2) is 0 Å². The standard InChI is InChI=1S/C10H14O.C2H6/c1-5-8(3)7-10(6-2)9(4)11;1-2/h5-7H,1H2,2-4H3;1-2H3/b8-7-,10-6+;. The molecule has 13 heavy (non-hydrogen) atoms. The Kier molecular flexibility index (Phi) is 9.96. The minimum Gasteiger partial charge on any atom is -0.295 e. The number of rotatable bonds is 3. The topological polar surface area (TPSA) is 17.1 Å². The molecule has 0 unspecified atom stereocenters. The van der Waals surface area contributed by atoms with Crippen LogP contribution in [0.4, 0.5) is 0 Å². The Bertz CT molecular complexity index is 219. The Morgan fingerprint density at radius 2 is 1.69 bits per heavy atom. The molecule has 0 aromatic heterocycles. The molecule has 0 aromatic carbocycles. The van der Waals surface area contributed by atoms with Gasteiger partial charge in [-0.05, 0) is 26.8 Å². The first-order chi connectivity index (χ1) is 6.11. The summed E-state index contributed by atoms with van der Waals surface area (Å²) >= 11 is 0. The molecule has 0 heterocycles. The molecule has 1 nitrogen and oxygen atoms in total. The molecule has 0 saturated heterocycles. The smallest absolute Gasteiger partial charge is 0.159 e.